The number of nitrogens with one attached hydrogen (secondary N) is 2. The lowest BCUT2D eigenvalue weighted by molar-refractivity contribution is 0.162. The molecule has 2 N–H and O–H groups in total. The van der Waals surface area contributed by atoms with Crippen molar-refractivity contribution < 1.29 is 9.47 Å². The minimum Gasteiger partial charge on any atom is -0.495 e. The van der Waals surface area contributed by atoms with Crippen LogP contribution < -0.4 is 20.3 Å². The summed E-state index contributed by atoms with van der Waals surface area (Å²) in [7, 11) is 7.36. The summed E-state index contributed by atoms with van der Waals surface area (Å²) in [5.74, 6) is 1.78. The third-order valence-corrected chi connectivity index (χ3v) is 4.64. The monoisotopic (exact) mass is 363 g/mol. The fourth-order valence-electron chi connectivity index (χ4n) is 3.10. The molecule has 0 aliphatic carbocycles. The van der Waals surface area contributed by atoms with Crippen LogP contribution in [0.3, 0.4) is 0 Å². The van der Waals surface area contributed by atoms with Gasteiger partial charge in [-0.1, -0.05) is 12.1 Å². The van der Waals surface area contributed by atoms with Crippen molar-refractivity contribution in [1.82, 2.24) is 15.5 Å². The predicted molar refractivity (Wildman–Crippen MR) is 107 cm³/mol. The lowest BCUT2D eigenvalue weighted by Crippen LogP contribution is -2.46. The number of anilines is 1. The van der Waals surface area contributed by atoms with Gasteiger partial charge in [0.1, 0.15) is 5.75 Å². The Kier molecular flexibility index (Phi) is 8.50. The lowest BCUT2D eigenvalue weighted by atomic mass is 10.2. The molecule has 146 valence electrons. The molecular weight excluding hydrogens is 330 g/mol. The summed E-state index contributed by atoms with van der Waals surface area (Å²) in [6.45, 7) is 5.43. The highest BCUT2D eigenvalue weighted by Gasteiger charge is 2.25. The van der Waals surface area contributed by atoms with Gasteiger partial charge in [-0.25, -0.2) is 0 Å². The summed E-state index contributed by atoms with van der Waals surface area (Å²) >= 11 is 0. The normalized spacial score (nSPS) is 17.7. The molecule has 1 saturated heterocycles. The number of hydrogen-bond donors (Lipinski definition) is 2. The highest BCUT2D eigenvalue weighted by molar-refractivity contribution is 5.80. The van der Waals surface area contributed by atoms with E-state index in [0.29, 0.717) is 6.04 Å². The van der Waals surface area contributed by atoms with Crippen LogP contribution in [0.5, 0.6) is 5.75 Å². The van der Waals surface area contributed by atoms with Crippen LogP contribution in [0.1, 0.15) is 6.42 Å². The second-order valence-corrected chi connectivity index (χ2v) is 6.54. The Morgan fingerprint density at radius 1 is 1.31 bits per heavy atom. The molecule has 0 bridgehead atoms. The molecule has 0 amide bonds. The van der Waals surface area contributed by atoms with Crippen LogP contribution in [-0.2, 0) is 4.74 Å². The zero-order valence-corrected chi connectivity index (χ0v) is 16.5. The minimum absolute atomic E-state index is 0.373. The number of methoxy groups -OCH3 is 2. The molecule has 1 aliphatic rings. The number of ether oxygens (including phenoxy) is 2. The van der Waals surface area contributed by atoms with Gasteiger partial charge in [-0.05, 0) is 25.6 Å². The van der Waals surface area contributed by atoms with Crippen molar-refractivity contribution in [1.29, 1.82) is 0 Å². The van der Waals surface area contributed by atoms with Crippen molar-refractivity contribution in [2.45, 2.75) is 12.5 Å². The Hall–Kier alpha value is -1.99. The molecule has 0 saturated carbocycles. The van der Waals surface area contributed by atoms with Gasteiger partial charge in [0, 0.05) is 52.9 Å². The van der Waals surface area contributed by atoms with E-state index in [1.54, 1.807) is 14.2 Å². The van der Waals surface area contributed by atoms with Crippen LogP contribution in [-0.4, -0.2) is 84.5 Å². The summed E-state index contributed by atoms with van der Waals surface area (Å²) in [6, 6.07) is 8.56. The fraction of sp³-hybridized carbons (Fsp3) is 0.632. The van der Waals surface area contributed by atoms with Gasteiger partial charge in [-0.3, -0.25) is 4.99 Å². The van der Waals surface area contributed by atoms with E-state index in [-0.39, 0.29) is 0 Å². The van der Waals surface area contributed by atoms with Crippen molar-refractivity contribution >= 4 is 11.6 Å². The average molecular weight is 364 g/mol. The molecule has 1 atom stereocenters. The van der Waals surface area contributed by atoms with Gasteiger partial charge in [0.05, 0.1) is 19.4 Å². The van der Waals surface area contributed by atoms with Crippen LogP contribution in [0.4, 0.5) is 5.69 Å². The first-order chi connectivity index (χ1) is 12.7. The van der Waals surface area contributed by atoms with Crippen LogP contribution >= 0.6 is 0 Å². The molecule has 0 aromatic heterocycles. The lowest BCUT2D eigenvalue weighted by Gasteiger charge is -2.22. The molecule has 1 aromatic rings. The maximum atomic E-state index is 5.49. The first-order valence-electron chi connectivity index (χ1n) is 9.20. The van der Waals surface area contributed by atoms with Crippen LogP contribution in [0.15, 0.2) is 29.3 Å². The van der Waals surface area contributed by atoms with Crippen LogP contribution in [0.2, 0.25) is 0 Å². The highest BCUT2D eigenvalue weighted by Crippen LogP contribution is 2.30. The quantitative estimate of drug-likeness (QED) is 0.505. The molecule has 2 rings (SSSR count). The largest absolute Gasteiger partial charge is 0.495 e. The van der Waals surface area contributed by atoms with E-state index in [9.17, 15) is 0 Å². The number of nitrogens with zero attached hydrogens (tertiary/aromatic N) is 3. The Balaban J connectivity index is 1.77. The van der Waals surface area contributed by atoms with Gasteiger partial charge in [-0.2, -0.15) is 0 Å². The molecule has 0 spiro atoms. The van der Waals surface area contributed by atoms with E-state index < -0.39 is 0 Å². The maximum absolute atomic E-state index is 5.49. The average Bonchev–Trinajstić information content (AvgIpc) is 3.13. The molecule has 0 radical (unpaired) electrons. The van der Waals surface area contributed by atoms with E-state index in [2.05, 4.69) is 44.6 Å². The Morgan fingerprint density at radius 3 is 2.85 bits per heavy atom. The van der Waals surface area contributed by atoms with Gasteiger partial charge >= 0.3 is 0 Å². The summed E-state index contributed by atoms with van der Waals surface area (Å²) in [4.78, 5) is 8.95. The second-order valence-electron chi connectivity index (χ2n) is 6.54. The molecule has 1 aliphatic heterocycles. The molecule has 26 heavy (non-hydrogen) atoms. The number of para-hydroxylation sites is 2. The molecule has 1 heterocycles. The SMILES string of the molecule is CN=C(NCCN(C)CCOC)NC1CCN(c2ccccc2OC)C1. The first-order valence-corrected chi connectivity index (χ1v) is 9.20. The van der Waals surface area contributed by atoms with E-state index in [1.807, 2.05) is 19.2 Å². The van der Waals surface area contributed by atoms with Gasteiger partial charge in [0.15, 0.2) is 5.96 Å². The smallest absolute Gasteiger partial charge is 0.191 e. The van der Waals surface area contributed by atoms with Crippen molar-refractivity contribution in [3.05, 3.63) is 24.3 Å². The maximum Gasteiger partial charge on any atom is 0.191 e. The number of hydrogen-bond acceptors (Lipinski definition) is 5. The third-order valence-electron chi connectivity index (χ3n) is 4.64. The van der Waals surface area contributed by atoms with Crippen molar-refractivity contribution in [3.8, 4) is 5.75 Å². The Morgan fingerprint density at radius 2 is 2.12 bits per heavy atom. The minimum atomic E-state index is 0.373. The second kappa shape index (κ2) is 10.9. The van der Waals surface area contributed by atoms with Crippen molar-refractivity contribution in [2.75, 3.05) is 72.5 Å². The number of benzene rings is 1. The zero-order valence-electron chi connectivity index (χ0n) is 16.5. The first kappa shape index (κ1) is 20.3. The van der Waals surface area contributed by atoms with E-state index in [0.717, 1.165) is 63.1 Å². The van der Waals surface area contributed by atoms with Crippen molar-refractivity contribution in [2.24, 2.45) is 4.99 Å². The molecule has 1 aromatic carbocycles. The van der Waals surface area contributed by atoms with Gasteiger partial charge in [-0.15, -0.1) is 0 Å². The van der Waals surface area contributed by atoms with Gasteiger partial charge < -0.3 is 29.9 Å². The van der Waals surface area contributed by atoms with E-state index in [1.165, 1.54) is 0 Å². The fourth-order valence-corrected chi connectivity index (χ4v) is 3.10. The zero-order chi connectivity index (χ0) is 18.8. The summed E-state index contributed by atoms with van der Waals surface area (Å²) in [6.07, 6.45) is 1.08. The third kappa shape index (κ3) is 6.07. The summed E-state index contributed by atoms with van der Waals surface area (Å²) < 4.78 is 10.6. The van der Waals surface area contributed by atoms with E-state index >= 15 is 0 Å². The topological polar surface area (TPSA) is 61.4 Å². The Labute approximate surface area is 157 Å². The predicted octanol–water partition coefficient (Wildman–Crippen LogP) is 1.02. The summed E-state index contributed by atoms with van der Waals surface area (Å²) in [5.41, 5.74) is 1.15. The van der Waals surface area contributed by atoms with Crippen LogP contribution in [0, 0.1) is 0 Å². The number of guanidine groups is 1. The van der Waals surface area contributed by atoms with E-state index in [4.69, 9.17) is 9.47 Å². The number of likely N-dealkylation sites (N-methyl/N-ethyl adjacent to an activating group) is 1. The summed E-state index contributed by atoms with van der Waals surface area (Å²) in [5, 5.41) is 6.93. The molecular formula is C19H33N5O2. The molecule has 7 nitrogen and oxygen atoms in total. The highest BCUT2D eigenvalue weighted by atomic mass is 16.5. The van der Waals surface area contributed by atoms with Gasteiger partial charge in [0.2, 0.25) is 0 Å². The standard InChI is InChI=1S/C19H33N5O2/c1-20-19(21-10-12-23(2)13-14-25-3)22-16-9-11-24(15-16)17-7-5-6-8-18(17)26-4/h5-8,16H,9-15H2,1-4H3,(H2,20,21,22). The number of rotatable bonds is 9. The van der Waals surface area contributed by atoms with Crippen molar-refractivity contribution in [3.63, 3.8) is 0 Å². The van der Waals surface area contributed by atoms with Crippen LogP contribution in [0.25, 0.3) is 0 Å². The molecule has 1 fully saturated rings. The Bertz CT molecular complexity index is 567. The van der Waals surface area contributed by atoms with Gasteiger partial charge in [0.25, 0.3) is 0 Å². The molecule has 1 unspecified atom stereocenters. The number of aliphatic imine (C=N–C) groups is 1. The molecule has 7 heteroatoms.